The normalized spacial score (nSPS) is 28.8. The van der Waals surface area contributed by atoms with Crippen molar-refractivity contribution in [3.05, 3.63) is 22.4 Å². The molecule has 1 N–H and O–H groups in total. The molecule has 0 bridgehead atoms. The molecule has 0 spiro atoms. The van der Waals surface area contributed by atoms with Crippen molar-refractivity contribution < 1.29 is 0 Å². The largest absolute Gasteiger partial charge is 0.310 e. The molecule has 3 rings (SSSR count). The van der Waals surface area contributed by atoms with Gasteiger partial charge in [-0.05, 0) is 61.5 Å². The van der Waals surface area contributed by atoms with Gasteiger partial charge in [-0.3, -0.25) is 4.90 Å². The topological polar surface area (TPSA) is 15.3 Å². The Bertz CT molecular complexity index is 364. The summed E-state index contributed by atoms with van der Waals surface area (Å²) in [5.74, 6) is 0. The molecular weight excluding hydrogens is 240 g/mol. The van der Waals surface area contributed by atoms with E-state index in [1.807, 2.05) is 11.3 Å². The van der Waals surface area contributed by atoms with Gasteiger partial charge in [0, 0.05) is 24.7 Å². The molecule has 1 atom stereocenters. The Labute approximate surface area is 114 Å². The van der Waals surface area contributed by atoms with E-state index >= 15 is 0 Å². The number of piperidine rings is 1. The van der Waals surface area contributed by atoms with Crippen LogP contribution in [0.25, 0.3) is 0 Å². The number of hydrogen-bond donors (Lipinski definition) is 1. The summed E-state index contributed by atoms with van der Waals surface area (Å²) in [5, 5.41) is 8.24. The Balaban J connectivity index is 1.62. The van der Waals surface area contributed by atoms with Crippen LogP contribution in [0.4, 0.5) is 0 Å². The molecule has 2 aliphatic rings. The van der Waals surface area contributed by atoms with Crippen molar-refractivity contribution in [2.24, 2.45) is 0 Å². The first kappa shape index (κ1) is 12.6. The summed E-state index contributed by atoms with van der Waals surface area (Å²) < 4.78 is 0. The number of thiophene rings is 1. The Kier molecular flexibility index (Phi) is 3.73. The Hall–Kier alpha value is -0.380. The van der Waals surface area contributed by atoms with E-state index in [4.69, 9.17) is 0 Å². The molecule has 0 radical (unpaired) electrons. The van der Waals surface area contributed by atoms with Gasteiger partial charge in [0.05, 0.1) is 0 Å². The monoisotopic (exact) mass is 264 g/mol. The highest BCUT2D eigenvalue weighted by Gasteiger charge is 2.35. The van der Waals surface area contributed by atoms with Gasteiger partial charge in [0.15, 0.2) is 0 Å². The second kappa shape index (κ2) is 5.32. The zero-order valence-corrected chi connectivity index (χ0v) is 12.1. The summed E-state index contributed by atoms with van der Waals surface area (Å²) in [4.78, 5) is 2.71. The van der Waals surface area contributed by atoms with E-state index in [1.165, 1.54) is 50.8 Å². The fourth-order valence-electron chi connectivity index (χ4n) is 3.07. The van der Waals surface area contributed by atoms with Gasteiger partial charge >= 0.3 is 0 Å². The van der Waals surface area contributed by atoms with Crippen LogP contribution in [0.3, 0.4) is 0 Å². The molecule has 1 aromatic rings. The summed E-state index contributed by atoms with van der Waals surface area (Å²) in [5.41, 5.74) is 1.84. The van der Waals surface area contributed by atoms with E-state index in [9.17, 15) is 0 Å². The van der Waals surface area contributed by atoms with Gasteiger partial charge in [0.25, 0.3) is 0 Å². The summed E-state index contributed by atoms with van der Waals surface area (Å²) in [6.45, 7) is 5.97. The smallest absolute Gasteiger partial charge is 0.0280 e. The molecule has 1 aromatic heterocycles. The SMILES string of the molecule is CC1(CN(Cc2ccsc2)C2CC2)CCCCN1. The molecule has 2 nitrogen and oxygen atoms in total. The third-order valence-electron chi connectivity index (χ3n) is 4.29. The van der Waals surface area contributed by atoms with Crippen molar-refractivity contribution in [3.8, 4) is 0 Å². The lowest BCUT2D eigenvalue weighted by Gasteiger charge is -2.39. The minimum Gasteiger partial charge on any atom is -0.310 e. The van der Waals surface area contributed by atoms with Gasteiger partial charge in [-0.1, -0.05) is 6.42 Å². The van der Waals surface area contributed by atoms with Crippen LogP contribution in [0.15, 0.2) is 16.8 Å². The van der Waals surface area contributed by atoms with Gasteiger partial charge in [0.1, 0.15) is 0 Å². The average Bonchev–Trinajstić information content (AvgIpc) is 3.09. The maximum absolute atomic E-state index is 3.75. The Morgan fingerprint density at radius 1 is 1.44 bits per heavy atom. The van der Waals surface area contributed by atoms with Crippen molar-refractivity contribution in [2.75, 3.05) is 13.1 Å². The quantitative estimate of drug-likeness (QED) is 0.878. The standard InChI is InChI=1S/C15H24N2S/c1-15(7-2-3-8-16-15)12-17(14-4-5-14)10-13-6-9-18-11-13/h6,9,11,14,16H,2-5,7-8,10,12H2,1H3. The van der Waals surface area contributed by atoms with Crippen LogP contribution in [0.2, 0.25) is 0 Å². The molecule has 1 saturated carbocycles. The predicted molar refractivity (Wildman–Crippen MR) is 78.0 cm³/mol. The van der Waals surface area contributed by atoms with Gasteiger partial charge in [-0.2, -0.15) is 11.3 Å². The maximum atomic E-state index is 3.75. The summed E-state index contributed by atoms with van der Waals surface area (Å²) in [6.07, 6.45) is 6.88. The zero-order chi connectivity index (χ0) is 12.4. The van der Waals surface area contributed by atoms with E-state index in [1.54, 1.807) is 0 Å². The van der Waals surface area contributed by atoms with E-state index in [2.05, 4.69) is 34.0 Å². The first-order chi connectivity index (χ1) is 8.75. The highest BCUT2D eigenvalue weighted by molar-refractivity contribution is 7.07. The van der Waals surface area contributed by atoms with Crippen molar-refractivity contribution in [1.29, 1.82) is 0 Å². The zero-order valence-electron chi connectivity index (χ0n) is 11.3. The summed E-state index contributed by atoms with van der Waals surface area (Å²) in [6, 6.07) is 3.13. The van der Waals surface area contributed by atoms with E-state index in [0.29, 0.717) is 5.54 Å². The number of nitrogens with zero attached hydrogens (tertiary/aromatic N) is 1. The molecular formula is C15H24N2S. The number of nitrogens with one attached hydrogen (secondary N) is 1. The lowest BCUT2D eigenvalue weighted by atomic mass is 9.90. The Morgan fingerprint density at radius 2 is 2.33 bits per heavy atom. The highest BCUT2D eigenvalue weighted by Crippen LogP contribution is 2.31. The third kappa shape index (κ3) is 3.14. The van der Waals surface area contributed by atoms with E-state index < -0.39 is 0 Å². The van der Waals surface area contributed by atoms with Gasteiger partial charge < -0.3 is 5.32 Å². The molecule has 100 valence electrons. The summed E-state index contributed by atoms with van der Waals surface area (Å²) in [7, 11) is 0. The lowest BCUT2D eigenvalue weighted by Crippen LogP contribution is -2.53. The first-order valence-corrected chi connectivity index (χ1v) is 8.20. The molecule has 3 heteroatoms. The molecule has 18 heavy (non-hydrogen) atoms. The maximum Gasteiger partial charge on any atom is 0.0280 e. The number of hydrogen-bond acceptors (Lipinski definition) is 3. The first-order valence-electron chi connectivity index (χ1n) is 7.25. The molecule has 2 heterocycles. The lowest BCUT2D eigenvalue weighted by molar-refractivity contribution is 0.151. The Morgan fingerprint density at radius 3 is 2.94 bits per heavy atom. The van der Waals surface area contributed by atoms with Crippen molar-refractivity contribution in [2.45, 2.75) is 57.2 Å². The minimum absolute atomic E-state index is 0.344. The summed E-state index contributed by atoms with van der Waals surface area (Å²) >= 11 is 1.82. The van der Waals surface area contributed by atoms with Crippen molar-refractivity contribution in [1.82, 2.24) is 10.2 Å². The molecule has 0 aromatic carbocycles. The van der Waals surface area contributed by atoms with Gasteiger partial charge in [-0.15, -0.1) is 0 Å². The minimum atomic E-state index is 0.344. The predicted octanol–water partition coefficient (Wildman–Crippen LogP) is 3.24. The fraction of sp³-hybridized carbons (Fsp3) is 0.733. The van der Waals surface area contributed by atoms with Crippen molar-refractivity contribution in [3.63, 3.8) is 0 Å². The van der Waals surface area contributed by atoms with Crippen LogP contribution in [0.5, 0.6) is 0 Å². The average molecular weight is 264 g/mol. The number of rotatable bonds is 5. The third-order valence-corrected chi connectivity index (χ3v) is 5.02. The molecule has 2 fully saturated rings. The highest BCUT2D eigenvalue weighted by atomic mass is 32.1. The molecule has 1 unspecified atom stereocenters. The van der Waals surface area contributed by atoms with Gasteiger partial charge in [0.2, 0.25) is 0 Å². The molecule has 1 aliphatic carbocycles. The van der Waals surface area contributed by atoms with Gasteiger partial charge in [-0.25, -0.2) is 0 Å². The second-order valence-corrected chi connectivity index (χ2v) is 6.99. The van der Waals surface area contributed by atoms with Crippen LogP contribution >= 0.6 is 11.3 Å². The van der Waals surface area contributed by atoms with Crippen LogP contribution in [0, 0.1) is 0 Å². The van der Waals surface area contributed by atoms with Crippen molar-refractivity contribution >= 4 is 11.3 Å². The molecule has 1 aliphatic heterocycles. The molecule has 1 saturated heterocycles. The van der Waals surface area contributed by atoms with E-state index in [0.717, 1.165) is 12.6 Å². The van der Waals surface area contributed by atoms with E-state index in [-0.39, 0.29) is 0 Å². The van der Waals surface area contributed by atoms with Crippen LogP contribution in [-0.4, -0.2) is 29.6 Å². The van der Waals surface area contributed by atoms with Crippen LogP contribution in [0.1, 0.15) is 44.6 Å². The van der Waals surface area contributed by atoms with Crippen LogP contribution < -0.4 is 5.32 Å². The second-order valence-electron chi connectivity index (χ2n) is 6.21. The fourth-order valence-corrected chi connectivity index (χ4v) is 3.73. The van der Waals surface area contributed by atoms with Crippen LogP contribution in [-0.2, 0) is 6.54 Å². The molecule has 0 amide bonds.